The van der Waals surface area contributed by atoms with Crippen molar-refractivity contribution in [2.45, 2.75) is 31.7 Å². The van der Waals surface area contributed by atoms with E-state index in [9.17, 15) is 4.39 Å². The zero-order chi connectivity index (χ0) is 11.5. The van der Waals surface area contributed by atoms with Crippen molar-refractivity contribution in [2.24, 2.45) is 0 Å². The Morgan fingerprint density at radius 1 is 1.38 bits per heavy atom. The van der Waals surface area contributed by atoms with Gasteiger partial charge in [0.1, 0.15) is 11.9 Å². The molecular weight excluding hydrogens is 203 g/mol. The molecule has 2 nitrogen and oxygen atoms in total. The number of rotatable bonds is 2. The highest BCUT2D eigenvalue weighted by molar-refractivity contribution is 5.59. The lowest BCUT2D eigenvalue weighted by molar-refractivity contribution is 0.623. The molecule has 1 fully saturated rings. The second-order valence-electron chi connectivity index (χ2n) is 4.32. The van der Waals surface area contributed by atoms with Crippen molar-refractivity contribution < 1.29 is 4.39 Å². The molecule has 1 aliphatic carbocycles. The van der Waals surface area contributed by atoms with Crippen LogP contribution in [0.3, 0.4) is 0 Å². The molecule has 1 aromatic rings. The zero-order valence-corrected chi connectivity index (χ0v) is 9.41. The van der Waals surface area contributed by atoms with Crippen LogP contribution in [0.4, 0.5) is 10.1 Å². The Hall–Kier alpha value is -1.56. The Labute approximate surface area is 95.3 Å². The van der Waals surface area contributed by atoms with Gasteiger partial charge in [0.2, 0.25) is 0 Å². The average molecular weight is 218 g/mol. The van der Waals surface area contributed by atoms with Crippen molar-refractivity contribution in [3.8, 4) is 6.07 Å². The van der Waals surface area contributed by atoms with E-state index in [4.69, 9.17) is 5.26 Å². The summed E-state index contributed by atoms with van der Waals surface area (Å²) in [4.78, 5) is 2.12. The maximum Gasteiger partial charge on any atom is 0.124 e. The van der Waals surface area contributed by atoms with Crippen LogP contribution in [-0.4, -0.2) is 13.1 Å². The van der Waals surface area contributed by atoms with E-state index >= 15 is 0 Å². The summed E-state index contributed by atoms with van der Waals surface area (Å²) in [6.45, 7) is 0. The first-order valence-electron chi connectivity index (χ1n) is 5.65. The molecule has 0 aliphatic heterocycles. The van der Waals surface area contributed by atoms with Gasteiger partial charge in [-0.2, -0.15) is 5.26 Å². The molecule has 16 heavy (non-hydrogen) atoms. The van der Waals surface area contributed by atoms with E-state index in [1.807, 2.05) is 7.05 Å². The minimum absolute atomic E-state index is 0.347. The standard InChI is InChI=1S/C13H15FN2/c1-16(12-4-2-3-5-12)13-7-6-11(14)8-10(13)9-15/h6-8,12H,2-5H2,1H3. The topological polar surface area (TPSA) is 27.0 Å². The summed E-state index contributed by atoms with van der Waals surface area (Å²) in [6.07, 6.45) is 4.83. The zero-order valence-electron chi connectivity index (χ0n) is 9.41. The fourth-order valence-electron chi connectivity index (χ4n) is 2.39. The van der Waals surface area contributed by atoms with Crippen LogP contribution < -0.4 is 4.90 Å². The highest BCUT2D eigenvalue weighted by Crippen LogP contribution is 2.29. The van der Waals surface area contributed by atoms with E-state index in [-0.39, 0.29) is 5.82 Å². The molecule has 1 saturated carbocycles. The summed E-state index contributed by atoms with van der Waals surface area (Å²) < 4.78 is 13.0. The molecule has 2 rings (SSSR count). The first-order chi connectivity index (χ1) is 7.72. The first-order valence-corrected chi connectivity index (χ1v) is 5.65. The molecule has 1 aliphatic rings. The molecule has 84 valence electrons. The molecule has 0 amide bonds. The Kier molecular flexibility index (Phi) is 3.09. The first kappa shape index (κ1) is 10.9. The molecule has 0 heterocycles. The Morgan fingerprint density at radius 3 is 2.69 bits per heavy atom. The van der Waals surface area contributed by atoms with Gasteiger partial charge in [0, 0.05) is 13.1 Å². The minimum atomic E-state index is -0.347. The van der Waals surface area contributed by atoms with Gasteiger partial charge in [-0.05, 0) is 31.0 Å². The summed E-state index contributed by atoms with van der Waals surface area (Å²) >= 11 is 0. The summed E-state index contributed by atoms with van der Waals surface area (Å²) in [5, 5.41) is 8.99. The molecule has 1 aromatic carbocycles. The molecule has 0 bridgehead atoms. The summed E-state index contributed by atoms with van der Waals surface area (Å²) in [5.74, 6) is -0.347. The van der Waals surface area contributed by atoms with Gasteiger partial charge in [0.15, 0.2) is 0 Å². The van der Waals surface area contributed by atoms with Crippen LogP contribution in [0.15, 0.2) is 18.2 Å². The number of benzene rings is 1. The van der Waals surface area contributed by atoms with Gasteiger partial charge in [-0.25, -0.2) is 4.39 Å². The fraction of sp³-hybridized carbons (Fsp3) is 0.462. The summed E-state index contributed by atoms with van der Waals surface area (Å²) in [5.41, 5.74) is 1.27. The summed E-state index contributed by atoms with van der Waals surface area (Å²) in [7, 11) is 1.99. The number of anilines is 1. The Balaban J connectivity index is 2.28. The maximum absolute atomic E-state index is 13.0. The largest absolute Gasteiger partial charge is 0.371 e. The predicted octanol–water partition coefficient (Wildman–Crippen LogP) is 3.08. The number of nitrogens with zero attached hydrogens (tertiary/aromatic N) is 2. The van der Waals surface area contributed by atoms with Crippen LogP contribution >= 0.6 is 0 Å². The maximum atomic E-state index is 13.0. The third kappa shape index (κ3) is 2.01. The fourth-order valence-corrected chi connectivity index (χ4v) is 2.39. The lowest BCUT2D eigenvalue weighted by atomic mass is 10.1. The van der Waals surface area contributed by atoms with E-state index in [1.165, 1.54) is 37.8 Å². The van der Waals surface area contributed by atoms with E-state index < -0.39 is 0 Å². The molecule has 3 heteroatoms. The third-order valence-corrected chi connectivity index (χ3v) is 3.33. The Bertz CT molecular complexity index is 416. The molecule has 0 N–H and O–H groups in total. The lowest BCUT2D eigenvalue weighted by Crippen LogP contribution is -2.29. The van der Waals surface area contributed by atoms with Crippen LogP contribution in [0.2, 0.25) is 0 Å². The van der Waals surface area contributed by atoms with Gasteiger partial charge >= 0.3 is 0 Å². The van der Waals surface area contributed by atoms with E-state index in [1.54, 1.807) is 6.07 Å². The molecule has 0 radical (unpaired) electrons. The third-order valence-electron chi connectivity index (χ3n) is 3.33. The van der Waals surface area contributed by atoms with Gasteiger partial charge in [-0.15, -0.1) is 0 Å². The smallest absolute Gasteiger partial charge is 0.124 e. The monoisotopic (exact) mass is 218 g/mol. The van der Waals surface area contributed by atoms with E-state index in [2.05, 4.69) is 11.0 Å². The molecule has 0 spiro atoms. The van der Waals surface area contributed by atoms with E-state index in [0.717, 1.165) is 5.69 Å². The highest BCUT2D eigenvalue weighted by Gasteiger charge is 2.21. The number of nitriles is 1. The molecule has 0 saturated heterocycles. The van der Waals surface area contributed by atoms with Crippen molar-refractivity contribution in [3.63, 3.8) is 0 Å². The van der Waals surface area contributed by atoms with Crippen molar-refractivity contribution in [1.29, 1.82) is 5.26 Å². The second-order valence-corrected chi connectivity index (χ2v) is 4.32. The highest BCUT2D eigenvalue weighted by atomic mass is 19.1. The Morgan fingerprint density at radius 2 is 2.06 bits per heavy atom. The second kappa shape index (κ2) is 4.52. The summed E-state index contributed by atoms with van der Waals surface area (Å²) in [6, 6.07) is 6.98. The predicted molar refractivity (Wildman–Crippen MR) is 61.8 cm³/mol. The van der Waals surface area contributed by atoms with Gasteiger partial charge < -0.3 is 4.90 Å². The van der Waals surface area contributed by atoms with Gasteiger partial charge in [0.05, 0.1) is 11.3 Å². The SMILES string of the molecule is CN(c1ccc(F)cc1C#N)C1CCCC1. The van der Waals surface area contributed by atoms with Gasteiger partial charge in [-0.1, -0.05) is 12.8 Å². The van der Waals surface area contributed by atoms with Crippen molar-refractivity contribution in [1.82, 2.24) is 0 Å². The number of halogens is 1. The van der Waals surface area contributed by atoms with Crippen LogP contribution in [0.1, 0.15) is 31.2 Å². The van der Waals surface area contributed by atoms with Crippen molar-refractivity contribution in [2.75, 3.05) is 11.9 Å². The number of hydrogen-bond acceptors (Lipinski definition) is 2. The normalized spacial score (nSPS) is 16.1. The van der Waals surface area contributed by atoms with Gasteiger partial charge in [-0.3, -0.25) is 0 Å². The van der Waals surface area contributed by atoms with Gasteiger partial charge in [0.25, 0.3) is 0 Å². The van der Waals surface area contributed by atoms with Crippen LogP contribution in [0, 0.1) is 17.1 Å². The molecule has 0 aromatic heterocycles. The van der Waals surface area contributed by atoms with Crippen LogP contribution in [-0.2, 0) is 0 Å². The van der Waals surface area contributed by atoms with E-state index in [0.29, 0.717) is 11.6 Å². The quantitative estimate of drug-likeness (QED) is 0.762. The number of hydrogen-bond donors (Lipinski definition) is 0. The molecular formula is C13H15FN2. The average Bonchev–Trinajstić information content (AvgIpc) is 2.81. The molecule has 0 unspecified atom stereocenters. The van der Waals surface area contributed by atoms with Crippen LogP contribution in [0.5, 0.6) is 0 Å². The van der Waals surface area contributed by atoms with Crippen LogP contribution in [0.25, 0.3) is 0 Å². The molecule has 0 atom stereocenters. The van der Waals surface area contributed by atoms with Crippen molar-refractivity contribution in [3.05, 3.63) is 29.6 Å². The van der Waals surface area contributed by atoms with Crippen molar-refractivity contribution >= 4 is 5.69 Å². The lowest BCUT2D eigenvalue weighted by Gasteiger charge is -2.27. The minimum Gasteiger partial charge on any atom is -0.371 e.